The summed E-state index contributed by atoms with van der Waals surface area (Å²) in [6, 6.07) is 72.5. The summed E-state index contributed by atoms with van der Waals surface area (Å²) in [5.74, 6) is 0. The number of thiophene rings is 1. The fraction of sp³-hybridized carbons (Fsp3) is 0. The van der Waals surface area contributed by atoms with Crippen LogP contribution in [-0.2, 0) is 0 Å². The lowest BCUT2D eigenvalue weighted by molar-refractivity contribution is 1.14. The molecule has 13 aromatic rings. The first kappa shape index (κ1) is 33.1. The van der Waals surface area contributed by atoms with E-state index in [1.165, 1.54) is 69.0 Å². The summed E-state index contributed by atoms with van der Waals surface area (Å²) in [6.07, 6.45) is 0. The van der Waals surface area contributed by atoms with E-state index in [9.17, 15) is 5.26 Å². The lowest BCUT2D eigenvalue weighted by Crippen LogP contribution is -2.01. The maximum absolute atomic E-state index is 9.73. The number of fused-ring (bicyclic) bond motifs is 13. The molecule has 0 saturated carbocycles. The van der Waals surface area contributed by atoms with E-state index in [4.69, 9.17) is 0 Å². The number of benzene rings is 9. The molecule has 0 spiro atoms. The van der Waals surface area contributed by atoms with Crippen molar-refractivity contribution in [3.8, 4) is 34.3 Å². The topological polar surface area (TPSA) is 38.6 Å². The average molecular weight is 781 g/mol. The van der Waals surface area contributed by atoms with Crippen LogP contribution in [0.1, 0.15) is 5.56 Å². The molecule has 0 saturated heterocycles. The molecule has 0 N–H and O–H groups in total. The number of hydrogen-bond acceptors (Lipinski definition) is 2. The third-order valence-corrected chi connectivity index (χ3v) is 13.6. The molecule has 4 nitrogen and oxygen atoms in total. The van der Waals surface area contributed by atoms with Crippen LogP contribution in [-0.4, -0.2) is 13.7 Å². The van der Waals surface area contributed by atoms with Crippen LogP contribution in [0.2, 0.25) is 0 Å². The summed E-state index contributed by atoms with van der Waals surface area (Å²) in [7, 11) is 0. The monoisotopic (exact) mass is 780 g/mol. The van der Waals surface area contributed by atoms with Crippen molar-refractivity contribution in [3.05, 3.63) is 200 Å². The number of nitriles is 1. The molecule has 4 aromatic heterocycles. The van der Waals surface area contributed by atoms with Crippen molar-refractivity contribution >= 4 is 96.9 Å². The van der Waals surface area contributed by atoms with Crippen LogP contribution in [0.4, 0.5) is 0 Å². The molecule has 4 heterocycles. The number of rotatable bonds is 4. The third-order valence-electron chi connectivity index (χ3n) is 12.5. The highest BCUT2D eigenvalue weighted by molar-refractivity contribution is 7.25. The van der Waals surface area contributed by atoms with Crippen molar-refractivity contribution in [2.24, 2.45) is 0 Å². The van der Waals surface area contributed by atoms with Gasteiger partial charge in [-0.3, -0.25) is 0 Å². The smallest absolute Gasteiger partial charge is 0.0991 e. The second kappa shape index (κ2) is 12.5. The first-order valence-electron chi connectivity index (χ1n) is 20.2. The SMILES string of the molecule is N#Cc1ccc(-c2ccc(-n3c4ccccc4c4c3ccc3c5ccccc5n(-c5ccccc5)c34)cc2-n2c3ccccc3c3cc4c(cc32)sc2ccccc24)cc1. The number of aromatic nitrogens is 3. The van der Waals surface area contributed by atoms with Gasteiger partial charge in [0.1, 0.15) is 0 Å². The molecule has 0 bridgehead atoms. The summed E-state index contributed by atoms with van der Waals surface area (Å²) in [6.45, 7) is 0. The van der Waals surface area contributed by atoms with Crippen LogP contribution in [0, 0.1) is 11.3 Å². The van der Waals surface area contributed by atoms with Gasteiger partial charge in [0.25, 0.3) is 0 Å². The second-order valence-corrected chi connectivity index (χ2v) is 16.7. The molecule has 0 aliphatic rings. The van der Waals surface area contributed by atoms with Gasteiger partial charge in [-0.15, -0.1) is 11.3 Å². The van der Waals surface area contributed by atoms with Gasteiger partial charge < -0.3 is 13.7 Å². The summed E-state index contributed by atoms with van der Waals surface area (Å²) >= 11 is 1.85. The zero-order valence-electron chi connectivity index (χ0n) is 32.2. The lowest BCUT2D eigenvalue weighted by Gasteiger charge is -2.18. The molecule has 278 valence electrons. The number of nitrogens with zero attached hydrogens (tertiary/aromatic N) is 4. The largest absolute Gasteiger partial charge is 0.309 e. The molecule has 0 aliphatic heterocycles. The Kier molecular flexibility index (Phi) is 6.92. The highest BCUT2D eigenvalue weighted by Crippen LogP contribution is 2.45. The standard InChI is InChI=1S/C55H32N4S/c56-33-34-22-24-35(25-23-34)38-27-26-37(30-50(38)59-47-19-9-5-15-40(47)44-31-45-41-16-7-11-21-52(41)60-53(45)32-51(44)59)57-48-20-10-6-17-43(48)54-49(57)29-28-42-39-14-4-8-18-46(39)58(55(42)54)36-12-2-1-3-13-36/h1-32H. The van der Waals surface area contributed by atoms with Gasteiger partial charge in [-0.1, -0.05) is 115 Å². The van der Waals surface area contributed by atoms with Crippen LogP contribution >= 0.6 is 11.3 Å². The zero-order chi connectivity index (χ0) is 39.5. The molecular formula is C55H32N4S. The Balaban J connectivity index is 1.15. The van der Waals surface area contributed by atoms with Gasteiger partial charge in [0.15, 0.2) is 0 Å². The number of hydrogen-bond donors (Lipinski definition) is 0. The van der Waals surface area contributed by atoms with Gasteiger partial charge in [-0.2, -0.15) is 5.26 Å². The van der Waals surface area contributed by atoms with E-state index in [1.54, 1.807) is 0 Å². The van der Waals surface area contributed by atoms with Crippen molar-refractivity contribution < 1.29 is 0 Å². The Morgan fingerprint density at radius 2 is 1.03 bits per heavy atom. The average Bonchev–Trinajstić information content (AvgIpc) is 4.04. The fourth-order valence-corrected chi connectivity index (χ4v) is 11.0. The minimum Gasteiger partial charge on any atom is -0.309 e. The quantitative estimate of drug-likeness (QED) is 0.175. The van der Waals surface area contributed by atoms with Gasteiger partial charge in [0.05, 0.1) is 50.4 Å². The minimum atomic E-state index is 0.644. The van der Waals surface area contributed by atoms with Gasteiger partial charge >= 0.3 is 0 Å². The molecule has 13 rings (SSSR count). The highest BCUT2D eigenvalue weighted by Gasteiger charge is 2.23. The van der Waals surface area contributed by atoms with Crippen molar-refractivity contribution in [1.82, 2.24) is 13.7 Å². The maximum atomic E-state index is 9.73. The molecule has 0 atom stereocenters. The first-order valence-corrected chi connectivity index (χ1v) is 21.1. The summed E-state index contributed by atoms with van der Waals surface area (Å²) in [4.78, 5) is 0. The van der Waals surface area contributed by atoms with Gasteiger partial charge in [-0.05, 0) is 84.4 Å². The van der Waals surface area contributed by atoms with Gasteiger partial charge in [-0.25, -0.2) is 0 Å². The van der Waals surface area contributed by atoms with E-state index in [2.05, 4.69) is 202 Å². The molecule has 0 amide bonds. The Labute approximate surface area is 348 Å². The molecule has 0 aliphatic carbocycles. The molecule has 0 unspecified atom stereocenters. The molecular weight excluding hydrogens is 749 g/mol. The van der Waals surface area contributed by atoms with Gasteiger partial charge in [0, 0.05) is 69.4 Å². The first-order chi connectivity index (χ1) is 29.7. The zero-order valence-corrected chi connectivity index (χ0v) is 33.0. The highest BCUT2D eigenvalue weighted by atomic mass is 32.1. The van der Waals surface area contributed by atoms with E-state index in [1.807, 2.05) is 23.5 Å². The minimum absolute atomic E-state index is 0.644. The second-order valence-electron chi connectivity index (χ2n) is 15.6. The Morgan fingerprint density at radius 3 is 1.80 bits per heavy atom. The normalized spacial score (nSPS) is 12.0. The van der Waals surface area contributed by atoms with Gasteiger partial charge in [0.2, 0.25) is 0 Å². The van der Waals surface area contributed by atoms with Crippen molar-refractivity contribution in [3.63, 3.8) is 0 Å². The fourth-order valence-electron chi connectivity index (χ4n) is 9.89. The molecule has 0 radical (unpaired) electrons. The predicted molar refractivity (Wildman–Crippen MR) is 252 cm³/mol. The number of para-hydroxylation sites is 4. The summed E-state index contributed by atoms with van der Waals surface area (Å²) < 4.78 is 9.91. The van der Waals surface area contributed by atoms with Crippen molar-refractivity contribution in [2.45, 2.75) is 0 Å². The molecule has 5 heteroatoms. The third kappa shape index (κ3) is 4.59. The van der Waals surface area contributed by atoms with Crippen LogP contribution in [0.15, 0.2) is 194 Å². The van der Waals surface area contributed by atoms with Crippen LogP contribution < -0.4 is 0 Å². The molecule has 9 aromatic carbocycles. The van der Waals surface area contributed by atoms with Crippen LogP contribution in [0.5, 0.6) is 0 Å². The van der Waals surface area contributed by atoms with Crippen LogP contribution in [0.3, 0.4) is 0 Å². The van der Waals surface area contributed by atoms with Crippen molar-refractivity contribution in [1.29, 1.82) is 5.26 Å². The predicted octanol–water partition coefficient (Wildman–Crippen LogP) is 14.9. The van der Waals surface area contributed by atoms with E-state index in [-0.39, 0.29) is 0 Å². The Hall–Kier alpha value is -7.91. The van der Waals surface area contributed by atoms with E-state index >= 15 is 0 Å². The van der Waals surface area contributed by atoms with E-state index in [0.29, 0.717) is 5.56 Å². The summed E-state index contributed by atoms with van der Waals surface area (Å²) in [5, 5.41) is 19.7. The molecule has 0 fully saturated rings. The van der Waals surface area contributed by atoms with E-state index in [0.717, 1.165) is 44.7 Å². The van der Waals surface area contributed by atoms with E-state index < -0.39 is 0 Å². The summed E-state index contributed by atoms with van der Waals surface area (Å²) in [5.41, 5.74) is 13.1. The molecule has 60 heavy (non-hydrogen) atoms. The Morgan fingerprint density at radius 1 is 0.383 bits per heavy atom. The van der Waals surface area contributed by atoms with Crippen LogP contribution in [0.25, 0.3) is 114 Å². The maximum Gasteiger partial charge on any atom is 0.0991 e. The van der Waals surface area contributed by atoms with Crippen molar-refractivity contribution in [2.75, 3.05) is 0 Å². The Bertz CT molecular complexity index is 3950. The lowest BCUT2D eigenvalue weighted by atomic mass is 10.0.